The molecule has 0 aliphatic rings. The van der Waals surface area contributed by atoms with Crippen LogP contribution in [0.25, 0.3) is 0 Å². The van der Waals surface area contributed by atoms with Crippen molar-refractivity contribution in [3.05, 3.63) is 18.2 Å². The average Bonchev–Trinajstić information content (AvgIpc) is 2.51. The lowest BCUT2D eigenvalue weighted by molar-refractivity contribution is 0.295. The predicted octanol–water partition coefficient (Wildman–Crippen LogP) is 1.60. The van der Waals surface area contributed by atoms with E-state index in [2.05, 4.69) is 5.10 Å². The zero-order valence-electron chi connectivity index (χ0n) is 7.62. The summed E-state index contributed by atoms with van der Waals surface area (Å²) in [5.41, 5.74) is 0. The molecule has 0 radical (unpaired) electrons. The van der Waals surface area contributed by atoms with Crippen molar-refractivity contribution in [2.45, 2.75) is 19.9 Å². The molecule has 0 bridgehead atoms. The molecule has 1 rings (SSSR count). The van der Waals surface area contributed by atoms with Crippen LogP contribution < -0.4 is 0 Å². The lowest BCUT2D eigenvalue weighted by Crippen LogP contribution is -2.18. The summed E-state index contributed by atoms with van der Waals surface area (Å²) in [6.07, 6.45) is 2.34. The maximum Gasteiger partial charge on any atom is 0.205 e. The fourth-order valence-corrected chi connectivity index (χ4v) is 0.923. The number of nitrogens with zero attached hydrogens (tertiary/aromatic N) is 2. The van der Waals surface area contributed by atoms with Crippen LogP contribution in [0, 0.1) is 11.2 Å². The number of halogens is 1. The molecule has 0 aromatic carbocycles. The van der Waals surface area contributed by atoms with E-state index in [1.54, 1.807) is 13.8 Å². The summed E-state index contributed by atoms with van der Waals surface area (Å²) in [5, 5.41) is 11.2. The fraction of sp³-hybridized carbons (Fsp3) is 0.500. The smallest absolute Gasteiger partial charge is 0.205 e. The van der Waals surface area contributed by atoms with E-state index in [9.17, 15) is 4.39 Å². The van der Waals surface area contributed by atoms with Gasteiger partial charge >= 0.3 is 0 Å². The zero-order chi connectivity index (χ0) is 9.84. The Morgan fingerprint density at radius 1 is 1.85 bits per heavy atom. The van der Waals surface area contributed by atoms with Gasteiger partial charge < -0.3 is 4.74 Å². The minimum absolute atomic E-state index is 0.0885. The maximum atomic E-state index is 12.5. The maximum absolute atomic E-state index is 12.5. The Labute approximate surface area is 75.8 Å². The second kappa shape index (κ2) is 4.02. The monoisotopic (exact) mass is 185 g/mol. The minimum Gasteiger partial charge on any atom is -0.480 e. The van der Waals surface area contributed by atoms with Crippen LogP contribution in [0.4, 0.5) is 4.39 Å². The molecule has 0 amide bonds. The lowest BCUT2D eigenvalue weighted by Gasteiger charge is -2.12. The second-order valence-corrected chi connectivity index (χ2v) is 2.61. The quantitative estimate of drug-likeness (QED) is 0.574. The number of hydrogen-bond acceptors (Lipinski definition) is 3. The first-order valence-electron chi connectivity index (χ1n) is 4.06. The number of aromatic nitrogens is 2. The Balaban J connectivity index is 2.67. The molecule has 0 saturated heterocycles. The summed E-state index contributed by atoms with van der Waals surface area (Å²) in [5.74, 6) is -0.318. The highest BCUT2D eigenvalue weighted by Gasteiger charge is 2.12. The highest BCUT2D eigenvalue weighted by atomic mass is 19.1. The predicted molar refractivity (Wildman–Crippen MR) is 46.2 cm³/mol. The van der Waals surface area contributed by atoms with Crippen LogP contribution in [0.15, 0.2) is 12.4 Å². The largest absolute Gasteiger partial charge is 0.480 e. The number of ether oxygens (including phenoxy) is 1. The van der Waals surface area contributed by atoms with Crippen LogP contribution in [0.3, 0.4) is 0 Å². The molecule has 0 aliphatic heterocycles. The van der Waals surface area contributed by atoms with Gasteiger partial charge in [0, 0.05) is 0 Å². The second-order valence-electron chi connectivity index (χ2n) is 2.61. The molecule has 4 nitrogen and oxygen atoms in total. The summed E-state index contributed by atoms with van der Waals surface area (Å²) in [6, 6.07) is -0.357. The molecule has 1 aromatic rings. The average molecular weight is 185 g/mol. The first kappa shape index (κ1) is 9.70. The van der Waals surface area contributed by atoms with Gasteiger partial charge in [-0.3, -0.25) is 10.1 Å². The molecule has 0 fully saturated rings. The third kappa shape index (κ3) is 2.27. The molecule has 1 unspecified atom stereocenters. The molecule has 1 N–H and O–H groups in total. The van der Waals surface area contributed by atoms with Gasteiger partial charge in [0.25, 0.3) is 0 Å². The van der Waals surface area contributed by atoms with E-state index in [0.717, 1.165) is 6.20 Å². The van der Waals surface area contributed by atoms with E-state index >= 15 is 0 Å². The highest BCUT2D eigenvalue weighted by Crippen LogP contribution is 2.07. The third-order valence-electron chi connectivity index (χ3n) is 1.65. The van der Waals surface area contributed by atoms with Gasteiger partial charge in [-0.25, -0.2) is 4.39 Å². The summed E-state index contributed by atoms with van der Waals surface area (Å²) < 4.78 is 18.9. The molecular formula is C8H12FN3O. The molecule has 1 heterocycles. The van der Waals surface area contributed by atoms with Crippen molar-refractivity contribution in [1.29, 1.82) is 5.41 Å². The van der Waals surface area contributed by atoms with Gasteiger partial charge in [-0.05, 0) is 13.8 Å². The van der Waals surface area contributed by atoms with Crippen LogP contribution in [-0.2, 0) is 4.74 Å². The molecule has 72 valence electrons. The van der Waals surface area contributed by atoms with E-state index in [0.29, 0.717) is 6.61 Å². The van der Waals surface area contributed by atoms with Gasteiger partial charge in [-0.15, -0.1) is 0 Å². The van der Waals surface area contributed by atoms with Crippen molar-refractivity contribution >= 4 is 5.90 Å². The summed E-state index contributed by atoms with van der Waals surface area (Å²) in [4.78, 5) is 0. The van der Waals surface area contributed by atoms with Crippen LogP contribution in [0.2, 0.25) is 0 Å². The van der Waals surface area contributed by atoms with E-state index in [4.69, 9.17) is 10.1 Å². The van der Waals surface area contributed by atoms with Crippen molar-refractivity contribution in [3.63, 3.8) is 0 Å². The van der Waals surface area contributed by atoms with Crippen molar-refractivity contribution in [1.82, 2.24) is 9.78 Å². The zero-order valence-corrected chi connectivity index (χ0v) is 7.62. The Bertz CT molecular complexity index is 297. The Morgan fingerprint density at radius 2 is 2.54 bits per heavy atom. The van der Waals surface area contributed by atoms with Crippen molar-refractivity contribution in [3.8, 4) is 0 Å². The Hall–Kier alpha value is -1.39. The molecule has 1 aromatic heterocycles. The number of rotatable bonds is 3. The first-order valence-corrected chi connectivity index (χ1v) is 4.06. The Kier molecular flexibility index (Phi) is 3.00. The summed E-state index contributed by atoms with van der Waals surface area (Å²) >= 11 is 0. The van der Waals surface area contributed by atoms with E-state index in [1.165, 1.54) is 10.9 Å². The van der Waals surface area contributed by atoms with Crippen LogP contribution in [0.5, 0.6) is 0 Å². The molecule has 0 spiro atoms. The van der Waals surface area contributed by atoms with E-state index in [-0.39, 0.29) is 11.9 Å². The SMILES string of the molecule is CCOC(=N)C(C)n1cc(F)cn1. The topological polar surface area (TPSA) is 50.9 Å². The Morgan fingerprint density at radius 3 is 3.00 bits per heavy atom. The van der Waals surface area contributed by atoms with Gasteiger partial charge in [0.2, 0.25) is 5.90 Å². The minimum atomic E-state index is -0.406. The first-order chi connectivity index (χ1) is 6.15. The van der Waals surface area contributed by atoms with E-state index in [1.807, 2.05) is 0 Å². The van der Waals surface area contributed by atoms with Crippen molar-refractivity contribution < 1.29 is 9.13 Å². The normalized spacial score (nSPS) is 12.5. The van der Waals surface area contributed by atoms with Crippen LogP contribution in [-0.4, -0.2) is 22.3 Å². The van der Waals surface area contributed by atoms with Gasteiger partial charge in [-0.2, -0.15) is 5.10 Å². The highest BCUT2D eigenvalue weighted by molar-refractivity contribution is 5.76. The van der Waals surface area contributed by atoms with Crippen molar-refractivity contribution in [2.24, 2.45) is 0 Å². The molecule has 13 heavy (non-hydrogen) atoms. The molecule has 0 aliphatic carbocycles. The van der Waals surface area contributed by atoms with Crippen LogP contribution in [0.1, 0.15) is 19.9 Å². The van der Waals surface area contributed by atoms with Gasteiger partial charge in [-0.1, -0.05) is 0 Å². The summed E-state index contributed by atoms with van der Waals surface area (Å²) in [7, 11) is 0. The van der Waals surface area contributed by atoms with Gasteiger partial charge in [0.15, 0.2) is 5.82 Å². The molecule has 5 heteroatoms. The molecule has 0 saturated carbocycles. The molecular weight excluding hydrogens is 173 g/mol. The lowest BCUT2D eigenvalue weighted by atomic mass is 10.3. The number of hydrogen-bond donors (Lipinski definition) is 1. The fourth-order valence-electron chi connectivity index (χ4n) is 0.923. The van der Waals surface area contributed by atoms with E-state index < -0.39 is 5.82 Å². The van der Waals surface area contributed by atoms with Crippen LogP contribution >= 0.6 is 0 Å². The van der Waals surface area contributed by atoms with Gasteiger partial charge in [0.05, 0.1) is 19.0 Å². The van der Waals surface area contributed by atoms with Crippen molar-refractivity contribution in [2.75, 3.05) is 6.61 Å². The molecule has 1 atom stereocenters. The number of nitrogens with one attached hydrogen (secondary N) is 1. The third-order valence-corrected chi connectivity index (χ3v) is 1.65. The van der Waals surface area contributed by atoms with Gasteiger partial charge in [0.1, 0.15) is 6.04 Å². The standard InChI is InChI=1S/C8H12FN3O/c1-3-13-8(10)6(2)12-5-7(9)4-11-12/h4-6,10H,3H2,1-2H3. The summed E-state index contributed by atoms with van der Waals surface area (Å²) in [6.45, 7) is 3.96.